The number of ether oxygens (including phenoxy) is 1. The maximum absolute atomic E-state index is 12.2. The van der Waals surface area contributed by atoms with Crippen molar-refractivity contribution in [1.82, 2.24) is 15.1 Å². The van der Waals surface area contributed by atoms with Crippen LogP contribution in [0, 0.1) is 0 Å². The van der Waals surface area contributed by atoms with Gasteiger partial charge in [-0.05, 0) is 30.7 Å². The molecule has 0 bridgehead atoms. The lowest BCUT2D eigenvalue weighted by Gasteiger charge is -2.34. The molecule has 138 valence electrons. The van der Waals surface area contributed by atoms with Gasteiger partial charge < -0.3 is 15.0 Å². The maximum Gasteiger partial charge on any atom is 0.260 e. The molecule has 1 fully saturated rings. The molecule has 0 atom stereocenters. The van der Waals surface area contributed by atoms with Gasteiger partial charge in [0, 0.05) is 37.7 Å². The number of amides is 2. The molecule has 25 heavy (non-hydrogen) atoms. The Hall–Kier alpha value is -1.79. The number of nitrogens with zero attached hydrogens (tertiary/aromatic N) is 2. The second kappa shape index (κ2) is 10.3. The minimum absolute atomic E-state index is 0.0130. The highest BCUT2D eigenvalue weighted by molar-refractivity contribution is 6.30. The molecule has 1 heterocycles. The molecule has 0 aromatic heterocycles. The van der Waals surface area contributed by atoms with Gasteiger partial charge in [0.05, 0.1) is 6.54 Å². The Labute approximate surface area is 154 Å². The van der Waals surface area contributed by atoms with E-state index in [0.29, 0.717) is 43.5 Å². The number of rotatable bonds is 8. The van der Waals surface area contributed by atoms with Crippen molar-refractivity contribution >= 4 is 23.4 Å². The summed E-state index contributed by atoms with van der Waals surface area (Å²) in [5.74, 6) is 0.640. The van der Waals surface area contributed by atoms with Crippen LogP contribution >= 0.6 is 11.6 Å². The number of hydrogen-bond donors (Lipinski definition) is 1. The highest BCUT2D eigenvalue weighted by Gasteiger charge is 2.22. The van der Waals surface area contributed by atoms with Crippen LogP contribution in [0.4, 0.5) is 0 Å². The van der Waals surface area contributed by atoms with Crippen LogP contribution in [0.5, 0.6) is 5.75 Å². The van der Waals surface area contributed by atoms with Gasteiger partial charge in [-0.15, -0.1) is 0 Å². The molecule has 2 amide bonds. The Bertz CT molecular complexity index is 557. The summed E-state index contributed by atoms with van der Waals surface area (Å²) in [6, 6.07) is 6.94. The molecule has 1 aliphatic heterocycles. The smallest absolute Gasteiger partial charge is 0.260 e. The number of halogens is 1. The predicted molar refractivity (Wildman–Crippen MR) is 97.9 cm³/mol. The lowest BCUT2D eigenvalue weighted by molar-refractivity contribution is -0.135. The Morgan fingerprint density at radius 3 is 2.48 bits per heavy atom. The van der Waals surface area contributed by atoms with Crippen LogP contribution in [0.1, 0.15) is 19.8 Å². The zero-order valence-corrected chi connectivity index (χ0v) is 15.4. The predicted octanol–water partition coefficient (Wildman–Crippen LogP) is 1.78. The van der Waals surface area contributed by atoms with Gasteiger partial charge in [-0.2, -0.15) is 0 Å². The summed E-state index contributed by atoms with van der Waals surface area (Å²) in [5, 5.41) is 3.55. The van der Waals surface area contributed by atoms with Crippen molar-refractivity contribution in [3.63, 3.8) is 0 Å². The van der Waals surface area contributed by atoms with Gasteiger partial charge in [0.15, 0.2) is 6.61 Å². The quantitative estimate of drug-likeness (QED) is 0.711. The third kappa shape index (κ3) is 6.92. The second-order valence-corrected chi connectivity index (χ2v) is 6.54. The Morgan fingerprint density at radius 2 is 1.84 bits per heavy atom. The first-order valence-corrected chi connectivity index (χ1v) is 9.11. The number of carbonyl (C=O) groups excluding carboxylic acids is 2. The van der Waals surface area contributed by atoms with E-state index in [9.17, 15) is 9.59 Å². The zero-order valence-electron chi connectivity index (χ0n) is 14.7. The molecule has 1 aromatic carbocycles. The topological polar surface area (TPSA) is 61.9 Å². The van der Waals surface area contributed by atoms with Crippen molar-refractivity contribution in [1.29, 1.82) is 0 Å². The SMILES string of the molecule is CCCCNC(=O)CN1CCN(C(=O)COc2ccc(Cl)cc2)CC1. The van der Waals surface area contributed by atoms with Gasteiger partial charge in [-0.1, -0.05) is 24.9 Å². The monoisotopic (exact) mass is 367 g/mol. The summed E-state index contributed by atoms with van der Waals surface area (Å²) < 4.78 is 5.49. The summed E-state index contributed by atoms with van der Waals surface area (Å²) in [6.45, 7) is 5.87. The van der Waals surface area contributed by atoms with Crippen molar-refractivity contribution < 1.29 is 14.3 Å². The van der Waals surface area contributed by atoms with E-state index >= 15 is 0 Å². The van der Waals surface area contributed by atoms with Crippen LogP contribution in [0.3, 0.4) is 0 Å². The van der Waals surface area contributed by atoms with Crippen LogP contribution in [0.2, 0.25) is 5.02 Å². The summed E-state index contributed by atoms with van der Waals surface area (Å²) >= 11 is 5.82. The first-order valence-electron chi connectivity index (χ1n) is 8.73. The summed E-state index contributed by atoms with van der Waals surface area (Å²) in [7, 11) is 0. The highest BCUT2D eigenvalue weighted by atomic mass is 35.5. The Balaban J connectivity index is 1.66. The fourth-order valence-corrected chi connectivity index (χ4v) is 2.71. The normalized spacial score (nSPS) is 15.0. The van der Waals surface area contributed by atoms with Crippen LogP contribution in [0.25, 0.3) is 0 Å². The van der Waals surface area contributed by atoms with Gasteiger partial charge >= 0.3 is 0 Å². The molecule has 7 heteroatoms. The third-order valence-electron chi connectivity index (χ3n) is 4.12. The number of hydrogen-bond acceptors (Lipinski definition) is 4. The minimum atomic E-state index is -0.0398. The molecular weight excluding hydrogens is 342 g/mol. The van der Waals surface area contributed by atoms with Crippen LogP contribution in [0.15, 0.2) is 24.3 Å². The number of benzene rings is 1. The molecule has 0 radical (unpaired) electrons. The first kappa shape index (κ1) is 19.5. The molecule has 0 saturated carbocycles. The van der Waals surface area contributed by atoms with Crippen molar-refractivity contribution in [2.45, 2.75) is 19.8 Å². The summed E-state index contributed by atoms with van der Waals surface area (Å²) in [6.07, 6.45) is 2.07. The maximum atomic E-state index is 12.2. The standard InChI is InChI=1S/C18H26ClN3O3/c1-2-3-8-20-17(23)13-21-9-11-22(12-10-21)18(24)14-25-16-6-4-15(19)5-7-16/h4-7H,2-3,8-14H2,1H3,(H,20,23). The molecule has 0 spiro atoms. The first-order chi connectivity index (χ1) is 12.1. The van der Waals surface area contributed by atoms with Crippen molar-refractivity contribution in [3.8, 4) is 5.75 Å². The summed E-state index contributed by atoms with van der Waals surface area (Å²) in [5.41, 5.74) is 0. The molecular formula is C18H26ClN3O3. The lowest BCUT2D eigenvalue weighted by atomic mass is 10.3. The van der Waals surface area contributed by atoms with E-state index in [0.717, 1.165) is 19.4 Å². The van der Waals surface area contributed by atoms with Crippen molar-refractivity contribution in [2.75, 3.05) is 45.9 Å². The van der Waals surface area contributed by atoms with Gasteiger partial charge in [-0.3, -0.25) is 14.5 Å². The van der Waals surface area contributed by atoms with Crippen LogP contribution in [-0.2, 0) is 9.59 Å². The number of piperazine rings is 1. The molecule has 1 aromatic rings. The van der Waals surface area contributed by atoms with E-state index in [1.807, 2.05) is 0 Å². The third-order valence-corrected chi connectivity index (χ3v) is 4.37. The fraction of sp³-hybridized carbons (Fsp3) is 0.556. The number of carbonyl (C=O) groups is 2. The Kier molecular flexibility index (Phi) is 8.01. The number of nitrogens with one attached hydrogen (secondary N) is 1. The second-order valence-electron chi connectivity index (χ2n) is 6.10. The molecule has 0 unspecified atom stereocenters. The molecule has 0 aliphatic carbocycles. The van der Waals surface area contributed by atoms with E-state index in [-0.39, 0.29) is 18.4 Å². The van der Waals surface area contributed by atoms with E-state index in [4.69, 9.17) is 16.3 Å². The van der Waals surface area contributed by atoms with Crippen molar-refractivity contribution in [3.05, 3.63) is 29.3 Å². The zero-order chi connectivity index (χ0) is 18.1. The highest BCUT2D eigenvalue weighted by Crippen LogP contribution is 2.15. The molecule has 6 nitrogen and oxygen atoms in total. The van der Waals surface area contributed by atoms with Crippen LogP contribution < -0.4 is 10.1 Å². The van der Waals surface area contributed by atoms with Crippen molar-refractivity contribution in [2.24, 2.45) is 0 Å². The Morgan fingerprint density at radius 1 is 1.16 bits per heavy atom. The average molecular weight is 368 g/mol. The fourth-order valence-electron chi connectivity index (χ4n) is 2.59. The molecule has 1 saturated heterocycles. The van der Waals surface area contributed by atoms with Gasteiger partial charge in [-0.25, -0.2) is 0 Å². The number of unbranched alkanes of at least 4 members (excludes halogenated alkanes) is 1. The van der Waals surface area contributed by atoms with Gasteiger partial charge in [0.1, 0.15) is 5.75 Å². The van der Waals surface area contributed by atoms with E-state index in [2.05, 4.69) is 17.1 Å². The minimum Gasteiger partial charge on any atom is -0.484 e. The summed E-state index contributed by atoms with van der Waals surface area (Å²) in [4.78, 5) is 27.9. The van der Waals surface area contributed by atoms with Gasteiger partial charge in [0.2, 0.25) is 5.91 Å². The molecule has 1 aliphatic rings. The van der Waals surface area contributed by atoms with Gasteiger partial charge in [0.25, 0.3) is 5.91 Å². The van der Waals surface area contributed by atoms with E-state index < -0.39 is 0 Å². The van der Waals surface area contributed by atoms with E-state index in [1.54, 1.807) is 29.2 Å². The average Bonchev–Trinajstić information content (AvgIpc) is 2.62. The molecule has 2 rings (SSSR count). The lowest BCUT2D eigenvalue weighted by Crippen LogP contribution is -2.52. The molecule has 1 N–H and O–H groups in total. The van der Waals surface area contributed by atoms with Crippen LogP contribution in [-0.4, -0.2) is 67.5 Å². The van der Waals surface area contributed by atoms with E-state index in [1.165, 1.54) is 0 Å². The largest absolute Gasteiger partial charge is 0.484 e.